The summed E-state index contributed by atoms with van der Waals surface area (Å²) in [5, 5.41) is 3.53. The first kappa shape index (κ1) is 13.4. The van der Waals surface area contributed by atoms with Gasteiger partial charge in [0.15, 0.2) is 0 Å². The molecular weight excluding hydrogens is 262 g/mol. The second-order valence-corrected chi connectivity index (χ2v) is 6.98. The number of carbonyl (C=O) groups is 1. The highest BCUT2D eigenvalue weighted by Gasteiger charge is 2.32. The van der Waals surface area contributed by atoms with Crippen molar-refractivity contribution in [3.8, 4) is 0 Å². The van der Waals surface area contributed by atoms with E-state index in [0.717, 1.165) is 31.2 Å². The molecule has 0 bridgehead atoms. The monoisotopic (exact) mass is 287 g/mol. The van der Waals surface area contributed by atoms with E-state index in [0.29, 0.717) is 12.1 Å². The topological polar surface area (TPSA) is 37.3 Å². The van der Waals surface area contributed by atoms with Crippen molar-refractivity contribution in [2.45, 2.75) is 50.6 Å². The van der Waals surface area contributed by atoms with Gasteiger partial charge < -0.3 is 14.8 Å². The summed E-state index contributed by atoms with van der Waals surface area (Å²) in [5.74, 6) is 0.993. The fourth-order valence-corrected chi connectivity index (χ4v) is 3.44. The quantitative estimate of drug-likeness (QED) is 0.872. The van der Waals surface area contributed by atoms with Crippen LogP contribution in [-0.2, 0) is 0 Å². The number of nitrogens with one attached hydrogen (secondary N) is 1. The summed E-state index contributed by atoms with van der Waals surface area (Å²) in [4.78, 5) is 15.1. The third-order valence-corrected chi connectivity index (χ3v) is 5.00. The van der Waals surface area contributed by atoms with E-state index in [1.165, 1.54) is 38.5 Å². The van der Waals surface area contributed by atoms with Gasteiger partial charge in [-0.1, -0.05) is 0 Å². The summed E-state index contributed by atoms with van der Waals surface area (Å²) in [6, 6.07) is 5.10. The zero-order valence-electron chi connectivity index (χ0n) is 12.6. The largest absolute Gasteiger partial charge is 0.340 e. The van der Waals surface area contributed by atoms with Crippen molar-refractivity contribution in [2.24, 2.45) is 5.92 Å². The number of hydrogen-bond acceptors (Lipinski definition) is 2. The lowest BCUT2D eigenvalue weighted by Crippen LogP contribution is -2.42. The van der Waals surface area contributed by atoms with E-state index in [1.54, 1.807) is 0 Å². The van der Waals surface area contributed by atoms with Gasteiger partial charge in [-0.15, -0.1) is 0 Å². The third kappa shape index (κ3) is 3.00. The molecule has 2 heterocycles. The van der Waals surface area contributed by atoms with E-state index < -0.39 is 0 Å². The van der Waals surface area contributed by atoms with Crippen LogP contribution in [0.5, 0.6) is 0 Å². The number of hydrogen-bond donors (Lipinski definition) is 1. The highest BCUT2D eigenvalue weighted by atomic mass is 16.2. The molecule has 21 heavy (non-hydrogen) atoms. The Morgan fingerprint density at radius 3 is 2.76 bits per heavy atom. The van der Waals surface area contributed by atoms with Gasteiger partial charge in [-0.2, -0.15) is 0 Å². The molecule has 1 N–H and O–H groups in total. The molecule has 3 aliphatic rings. The minimum atomic E-state index is 0.243. The Kier molecular flexibility index (Phi) is 3.49. The number of aromatic nitrogens is 1. The molecule has 4 rings (SSSR count). The van der Waals surface area contributed by atoms with Crippen molar-refractivity contribution < 1.29 is 4.79 Å². The lowest BCUT2D eigenvalue weighted by atomic mass is 10.2. The molecule has 3 fully saturated rings. The summed E-state index contributed by atoms with van der Waals surface area (Å²) >= 11 is 0. The van der Waals surface area contributed by atoms with Crippen LogP contribution in [0.2, 0.25) is 0 Å². The molecule has 4 nitrogen and oxygen atoms in total. The second kappa shape index (κ2) is 5.48. The van der Waals surface area contributed by atoms with E-state index >= 15 is 0 Å². The smallest absolute Gasteiger partial charge is 0.270 e. The molecule has 1 aromatic heterocycles. The molecule has 1 amide bonds. The normalized spacial score (nSPS) is 25.2. The first-order valence-corrected chi connectivity index (χ1v) is 8.51. The first-order valence-electron chi connectivity index (χ1n) is 8.51. The molecule has 1 saturated heterocycles. The van der Waals surface area contributed by atoms with Gasteiger partial charge in [0.25, 0.3) is 5.91 Å². The first-order chi connectivity index (χ1) is 10.3. The molecule has 1 unspecified atom stereocenters. The number of rotatable bonds is 6. The highest BCUT2D eigenvalue weighted by Crippen LogP contribution is 2.36. The van der Waals surface area contributed by atoms with E-state index in [-0.39, 0.29) is 5.91 Å². The maximum Gasteiger partial charge on any atom is 0.270 e. The molecule has 4 heteroatoms. The molecule has 2 saturated carbocycles. The van der Waals surface area contributed by atoms with Gasteiger partial charge in [0.2, 0.25) is 0 Å². The molecule has 1 atom stereocenters. The zero-order chi connectivity index (χ0) is 14.2. The predicted molar refractivity (Wildman–Crippen MR) is 82.4 cm³/mol. The van der Waals surface area contributed by atoms with Crippen LogP contribution < -0.4 is 5.32 Å². The average molecular weight is 287 g/mol. The summed E-state index contributed by atoms with van der Waals surface area (Å²) in [6.45, 7) is 2.94. The van der Waals surface area contributed by atoms with Crippen LogP contribution in [0.25, 0.3) is 0 Å². The maximum atomic E-state index is 13.0. The Morgan fingerprint density at radius 1 is 1.24 bits per heavy atom. The van der Waals surface area contributed by atoms with Crippen molar-refractivity contribution >= 4 is 5.91 Å². The van der Waals surface area contributed by atoms with Gasteiger partial charge in [-0.25, -0.2) is 0 Å². The van der Waals surface area contributed by atoms with E-state index in [9.17, 15) is 4.79 Å². The molecule has 114 valence electrons. The van der Waals surface area contributed by atoms with Gasteiger partial charge in [-0.3, -0.25) is 4.79 Å². The maximum absolute atomic E-state index is 13.0. The minimum absolute atomic E-state index is 0.243. The van der Waals surface area contributed by atoms with Crippen molar-refractivity contribution in [2.75, 3.05) is 19.6 Å². The lowest BCUT2D eigenvalue weighted by Gasteiger charge is -2.26. The van der Waals surface area contributed by atoms with Gasteiger partial charge in [-0.05, 0) is 63.1 Å². The van der Waals surface area contributed by atoms with Gasteiger partial charge in [0, 0.05) is 31.4 Å². The van der Waals surface area contributed by atoms with Crippen LogP contribution in [0.1, 0.15) is 55.1 Å². The third-order valence-electron chi connectivity index (χ3n) is 5.00. The minimum Gasteiger partial charge on any atom is -0.340 e. The van der Waals surface area contributed by atoms with Crippen molar-refractivity contribution in [3.05, 3.63) is 24.0 Å². The summed E-state index contributed by atoms with van der Waals surface area (Å²) < 4.78 is 2.20. The standard InChI is InChI=1S/C17H25N3O/c21-17(16-4-2-10-20(16)15-7-8-15)19(11-13-5-6-13)12-14-3-1-9-18-14/h2,4,10,13-15,18H,1,3,5-9,11-12H2. The summed E-state index contributed by atoms with van der Waals surface area (Å²) in [5.41, 5.74) is 0.899. The number of nitrogens with zero attached hydrogens (tertiary/aromatic N) is 2. The Balaban J connectivity index is 1.50. The van der Waals surface area contributed by atoms with Crippen LogP contribution in [0, 0.1) is 5.92 Å². The van der Waals surface area contributed by atoms with Crippen molar-refractivity contribution in [3.63, 3.8) is 0 Å². The molecule has 0 aromatic carbocycles. The fourth-order valence-electron chi connectivity index (χ4n) is 3.44. The van der Waals surface area contributed by atoms with E-state index in [2.05, 4.69) is 21.0 Å². The Labute approximate surface area is 126 Å². The van der Waals surface area contributed by atoms with Crippen LogP contribution in [-0.4, -0.2) is 41.1 Å². The number of carbonyl (C=O) groups excluding carboxylic acids is 1. The van der Waals surface area contributed by atoms with Crippen LogP contribution in [0.15, 0.2) is 18.3 Å². The van der Waals surface area contributed by atoms with Crippen molar-refractivity contribution in [1.29, 1.82) is 0 Å². The molecule has 0 radical (unpaired) electrons. The van der Waals surface area contributed by atoms with Crippen LogP contribution in [0.3, 0.4) is 0 Å². The SMILES string of the molecule is O=C(c1cccn1C1CC1)N(CC1CC1)CC1CCCN1. The molecule has 1 aliphatic heterocycles. The fraction of sp³-hybridized carbons (Fsp3) is 0.706. The molecular formula is C17H25N3O. The van der Waals surface area contributed by atoms with E-state index in [1.807, 2.05) is 12.1 Å². The Morgan fingerprint density at radius 2 is 2.10 bits per heavy atom. The molecule has 0 spiro atoms. The van der Waals surface area contributed by atoms with Crippen molar-refractivity contribution in [1.82, 2.24) is 14.8 Å². The summed E-state index contributed by atoms with van der Waals surface area (Å²) in [7, 11) is 0. The predicted octanol–water partition coefficient (Wildman–Crippen LogP) is 2.43. The van der Waals surface area contributed by atoms with E-state index in [4.69, 9.17) is 0 Å². The van der Waals surface area contributed by atoms with Gasteiger partial charge >= 0.3 is 0 Å². The molecule has 2 aliphatic carbocycles. The summed E-state index contributed by atoms with van der Waals surface area (Å²) in [6.07, 6.45) is 9.57. The zero-order valence-corrected chi connectivity index (χ0v) is 12.6. The molecule has 1 aromatic rings. The Bertz CT molecular complexity index is 510. The van der Waals surface area contributed by atoms with Crippen LogP contribution in [0.4, 0.5) is 0 Å². The van der Waals surface area contributed by atoms with Gasteiger partial charge in [0.05, 0.1) is 0 Å². The highest BCUT2D eigenvalue weighted by molar-refractivity contribution is 5.93. The van der Waals surface area contributed by atoms with Crippen LogP contribution >= 0.6 is 0 Å². The number of amides is 1. The Hall–Kier alpha value is -1.29. The second-order valence-electron chi connectivity index (χ2n) is 6.98. The van der Waals surface area contributed by atoms with Gasteiger partial charge in [0.1, 0.15) is 5.69 Å². The lowest BCUT2D eigenvalue weighted by molar-refractivity contribution is 0.0722. The average Bonchev–Trinajstić information content (AvgIpc) is 3.40.